The molecule has 13 heavy (non-hydrogen) atoms. The van der Waals surface area contributed by atoms with Gasteiger partial charge >= 0.3 is 0 Å². The van der Waals surface area contributed by atoms with Crippen molar-refractivity contribution in [1.29, 1.82) is 5.26 Å². The first-order valence-electron chi connectivity index (χ1n) is 3.90. The van der Waals surface area contributed by atoms with Gasteiger partial charge in [0.25, 0.3) is 0 Å². The highest BCUT2D eigenvalue weighted by Crippen LogP contribution is 2.26. The molecule has 0 aromatic heterocycles. The van der Waals surface area contributed by atoms with Crippen molar-refractivity contribution in [2.45, 2.75) is 0 Å². The Morgan fingerprint density at radius 3 is 3.15 bits per heavy atom. The third kappa shape index (κ3) is 1.42. The highest BCUT2D eigenvalue weighted by molar-refractivity contribution is 5.82. The fourth-order valence-corrected chi connectivity index (χ4v) is 1.14. The zero-order valence-electron chi connectivity index (χ0n) is 6.86. The van der Waals surface area contributed by atoms with E-state index in [9.17, 15) is 0 Å². The zero-order valence-corrected chi connectivity index (χ0v) is 6.86. The highest BCUT2D eigenvalue weighted by Gasteiger charge is 2.01. The van der Waals surface area contributed by atoms with E-state index in [2.05, 4.69) is 16.4 Å². The second-order valence-corrected chi connectivity index (χ2v) is 2.63. The van der Waals surface area contributed by atoms with Crippen LogP contribution < -0.4 is 5.32 Å². The summed E-state index contributed by atoms with van der Waals surface area (Å²) in [6.07, 6.45) is 5.31. The number of rotatable bonds is 0. The third-order valence-electron chi connectivity index (χ3n) is 1.76. The van der Waals surface area contributed by atoms with E-state index in [4.69, 9.17) is 5.26 Å². The van der Waals surface area contributed by atoms with Gasteiger partial charge in [0.05, 0.1) is 23.0 Å². The van der Waals surface area contributed by atoms with Crippen LogP contribution in [0.25, 0.3) is 0 Å². The van der Waals surface area contributed by atoms with Crippen molar-refractivity contribution in [3.05, 3.63) is 36.0 Å². The molecular formula is C10H7N3. The number of nitrogens with zero attached hydrogens (tertiary/aromatic N) is 2. The summed E-state index contributed by atoms with van der Waals surface area (Å²) in [5.41, 5.74) is 2.35. The van der Waals surface area contributed by atoms with E-state index >= 15 is 0 Å². The number of benzene rings is 1. The number of nitriles is 1. The number of hydrogen-bond donors (Lipinski definition) is 1. The summed E-state index contributed by atoms with van der Waals surface area (Å²) >= 11 is 0. The van der Waals surface area contributed by atoms with Gasteiger partial charge in [-0.3, -0.25) is 4.99 Å². The Hall–Kier alpha value is -2.08. The van der Waals surface area contributed by atoms with E-state index in [0.29, 0.717) is 5.56 Å². The molecule has 1 aliphatic heterocycles. The predicted molar refractivity (Wildman–Crippen MR) is 52.1 cm³/mol. The average molecular weight is 169 g/mol. The predicted octanol–water partition coefficient (Wildman–Crippen LogP) is 2.20. The maximum atomic E-state index is 8.68. The van der Waals surface area contributed by atoms with Crippen molar-refractivity contribution in [2.24, 2.45) is 4.99 Å². The topological polar surface area (TPSA) is 48.2 Å². The molecule has 1 aliphatic rings. The van der Waals surface area contributed by atoms with Crippen LogP contribution in [0.5, 0.6) is 0 Å². The van der Waals surface area contributed by atoms with Crippen LogP contribution >= 0.6 is 0 Å². The summed E-state index contributed by atoms with van der Waals surface area (Å²) < 4.78 is 0. The molecule has 2 rings (SSSR count). The Balaban J connectivity index is 2.53. The molecule has 0 saturated carbocycles. The Kier molecular flexibility index (Phi) is 1.81. The van der Waals surface area contributed by atoms with Crippen molar-refractivity contribution in [3.63, 3.8) is 0 Å². The molecule has 0 bridgehead atoms. The van der Waals surface area contributed by atoms with Crippen LogP contribution in [0.3, 0.4) is 0 Å². The minimum atomic E-state index is 0.636. The highest BCUT2D eigenvalue weighted by atomic mass is 14.9. The molecule has 1 N–H and O–H groups in total. The molecule has 1 aromatic carbocycles. The molecule has 0 aliphatic carbocycles. The van der Waals surface area contributed by atoms with Crippen molar-refractivity contribution in [3.8, 4) is 6.07 Å². The Labute approximate surface area is 76.0 Å². The molecule has 1 aromatic rings. The summed E-state index contributed by atoms with van der Waals surface area (Å²) in [7, 11) is 0. The van der Waals surface area contributed by atoms with Crippen LogP contribution in [0.15, 0.2) is 35.5 Å². The van der Waals surface area contributed by atoms with Crippen LogP contribution in [0.4, 0.5) is 11.4 Å². The Morgan fingerprint density at radius 1 is 1.38 bits per heavy atom. The van der Waals surface area contributed by atoms with Crippen LogP contribution in [0.1, 0.15) is 5.56 Å². The number of aliphatic imine (C=N–C) groups is 1. The van der Waals surface area contributed by atoms with E-state index in [-0.39, 0.29) is 0 Å². The molecule has 0 amide bonds. The summed E-state index contributed by atoms with van der Waals surface area (Å²) in [6, 6.07) is 7.44. The van der Waals surface area contributed by atoms with Crippen LogP contribution in [-0.4, -0.2) is 6.21 Å². The molecule has 0 radical (unpaired) electrons. The summed E-state index contributed by atoms with van der Waals surface area (Å²) in [5, 5.41) is 11.7. The van der Waals surface area contributed by atoms with Gasteiger partial charge in [-0.15, -0.1) is 0 Å². The molecule has 3 heteroatoms. The minimum absolute atomic E-state index is 0.636. The maximum absolute atomic E-state index is 8.68. The van der Waals surface area contributed by atoms with Gasteiger partial charge in [-0.25, -0.2) is 0 Å². The van der Waals surface area contributed by atoms with Crippen molar-refractivity contribution in [2.75, 3.05) is 5.32 Å². The number of fused-ring (bicyclic) bond motifs is 1. The molecule has 3 nitrogen and oxygen atoms in total. The monoisotopic (exact) mass is 169 g/mol. The van der Waals surface area contributed by atoms with E-state index in [0.717, 1.165) is 11.4 Å². The van der Waals surface area contributed by atoms with E-state index < -0.39 is 0 Å². The fraction of sp³-hybridized carbons (Fsp3) is 0. The van der Waals surface area contributed by atoms with Gasteiger partial charge in [0.2, 0.25) is 0 Å². The molecular weight excluding hydrogens is 162 g/mol. The Morgan fingerprint density at radius 2 is 2.31 bits per heavy atom. The molecule has 62 valence electrons. The van der Waals surface area contributed by atoms with Crippen molar-refractivity contribution >= 4 is 17.6 Å². The third-order valence-corrected chi connectivity index (χ3v) is 1.76. The SMILES string of the molecule is N#Cc1ccc2c(c1)NC=CC=N2. The first kappa shape index (κ1) is 7.56. The second kappa shape index (κ2) is 3.11. The maximum Gasteiger partial charge on any atom is 0.0992 e. The van der Waals surface area contributed by atoms with Gasteiger partial charge in [-0.2, -0.15) is 5.26 Å². The van der Waals surface area contributed by atoms with Gasteiger partial charge in [0.1, 0.15) is 0 Å². The lowest BCUT2D eigenvalue weighted by atomic mass is 10.2. The second-order valence-electron chi connectivity index (χ2n) is 2.63. The molecule has 0 saturated heterocycles. The largest absolute Gasteiger partial charge is 0.360 e. The average Bonchev–Trinajstić information content (AvgIpc) is 2.41. The molecule has 0 atom stereocenters. The van der Waals surface area contributed by atoms with E-state index in [1.54, 1.807) is 24.5 Å². The molecule has 0 spiro atoms. The number of hydrogen-bond acceptors (Lipinski definition) is 3. The lowest BCUT2D eigenvalue weighted by Gasteiger charge is -2.02. The first-order valence-corrected chi connectivity index (χ1v) is 3.90. The van der Waals surface area contributed by atoms with Crippen LogP contribution in [-0.2, 0) is 0 Å². The molecule has 0 unspecified atom stereocenters. The van der Waals surface area contributed by atoms with Gasteiger partial charge in [-0.05, 0) is 24.3 Å². The van der Waals surface area contributed by atoms with Gasteiger partial charge in [0, 0.05) is 12.4 Å². The lowest BCUT2D eigenvalue weighted by molar-refractivity contribution is 1.46. The quantitative estimate of drug-likeness (QED) is 0.647. The Bertz CT molecular complexity index is 424. The number of allylic oxidation sites excluding steroid dienone is 1. The molecule has 0 fully saturated rings. The summed E-state index contributed by atoms with van der Waals surface area (Å²) in [4.78, 5) is 4.18. The summed E-state index contributed by atoms with van der Waals surface area (Å²) in [5.74, 6) is 0. The summed E-state index contributed by atoms with van der Waals surface area (Å²) in [6.45, 7) is 0. The standard InChI is InChI=1S/C10H7N3/c11-7-8-2-3-9-10(6-8)13-5-1-4-12-9/h1-6,13H. The van der Waals surface area contributed by atoms with Gasteiger partial charge in [-0.1, -0.05) is 0 Å². The van der Waals surface area contributed by atoms with E-state index in [1.807, 2.05) is 12.1 Å². The van der Waals surface area contributed by atoms with Gasteiger partial charge in [0.15, 0.2) is 0 Å². The van der Waals surface area contributed by atoms with Crippen LogP contribution in [0.2, 0.25) is 0 Å². The number of anilines is 1. The van der Waals surface area contributed by atoms with Gasteiger partial charge < -0.3 is 5.32 Å². The fourth-order valence-electron chi connectivity index (χ4n) is 1.14. The smallest absolute Gasteiger partial charge is 0.0992 e. The van der Waals surface area contributed by atoms with Crippen molar-refractivity contribution < 1.29 is 0 Å². The van der Waals surface area contributed by atoms with Crippen molar-refractivity contribution in [1.82, 2.24) is 0 Å². The number of nitrogens with one attached hydrogen (secondary N) is 1. The first-order chi connectivity index (χ1) is 6.40. The minimum Gasteiger partial charge on any atom is -0.360 e. The van der Waals surface area contributed by atoms with E-state index in [1.165, 1.54) is 0 Å². The zero-order chi connectivity index (χ0) is 9.10. The van der Waals surface area contributed by atoms with Crippen LogP contribution in [0, 0.1) is 11.3 Å². The lowest BCUT2D eigenvalue weighted by Crippen LogP contribution is -1.87. The molecule has 1 heterocycles. The normalized spacial score (nSPS) is 12.5.